The van der Waals surface area contributed by atoms with E-state index in [9.17, 15) is 19.5 Å². The quantitative estimate of drug-likeness (QED) is 0.603. The van der Waals surface area contributed by atoms with Gasteiger partial charge < -0.3 is 21.1 Å². The van der Waals surface area contributed by atoms with Crippen LogP contribution in [0.1, 0.15) is 47.0 Å². The molecule has 1 saturated carbocycles. The van der Waals surface area contributed by atoms with Gasteiger partial charge in [0, 0.05) is 12.1 Å². The average Bonchev–Trinajstić information content (AvgIpc) is 2.71. The lowest BCUT2D eigenvalue weighted by molar-refractivity contribution is -0.148. The Hall–Kier alpha value is -1.79. The highest BCUT2D eigenvalue weighted by molar-refractivity contribution is 5.87. The van der Waals surface area contributed by atoms with Gasteiger partial charge in [0.2, 0.25) is 5.91 Å². The molecule has 0 heterocycles. The number of carboxylic acids is 1. The van der Waals surface area contributed by atoms with Crippen LogP contribution in [0.2, 0.25) is 0 Å². The summed E-state index contributed by atoms with van der Waals surface area (Å²) in [6.07, 6.45) is 1.93. The van der Waals surface area contributed by atoms with Gasteiger partial charge in [-0.05, 0) is 40.5 Å². The first-order valence-electron chi connectivity index (χ1n) is 7.27. The van der Waals surface area contributed by atoms with Crippen molar-refractivity contribution in [1.29, 1.82) is 0 Å². The van der Waals surface area contributed by atoms with Crippen LogP contribution in [0.25, 0.3) is 0 Å². The van der Waals surface area contributed by atoms with Crippen molar-refractivity contribution in [3.05, 3.63) is 0 Å². The zero-order valence-electron chi connectivity index (χ0n) is 13.0. The van der Waals surface area contributed by atoms with E-state index in [1.807, 2.05) is 13.8 Å². The maximum atomic E-state index is 11.9. The number of amides is 3. The van der Waals surface area contributed by atoms with Gasteiger partial charge in [-0.3, -0.25) is 9.59 Å². The number of aliphatic carboxylic acids is 1. The molecule has 1 aliphatic rings. The summed E-state index contributed by atoms with van der Waals surface area (Å²) < 4.78 is 0. The predicted molar refractivity (Wildman–Crippen MR) is 77.8 cm³/mol. The van der Waals surface area contributed by atoms with Gasteiger partial charge in [0.1, 0.15) is 6.04 Å². The van der Waals surface area contributed by atoms with Crippen LogP contribution < -0.4 is 16.0 Å². The van der Waals surface area contributed by atoms with Gasteiger partial charge >= 0.3 is 12.0 Å². The Labute approximate surface area is 124 Å². The highest BCUT2D eigenvalue weighted by Gasteiger charge is 2.46. The maximum Gasteiger partial charge on any atom is 0.315 e. The van der Waals surface area contributed by atoms with E-state index >= 15 is 0 Å². The lowest BCUT2D eigenvalue weighted by Crippen LogP contribution is -2.54. The van der Waals surface area contributed by atoms with E-state index in [4.69, 9.17) is 0 Å². The van der Waals surface area contributed by atoms with Crippen molar-refractivity contribution in [2.24, 2.45) is 5.41 Å². The fourth-order valence-electron chi connectivity index (χ4n) is 2.53. The molecule has 3 unspecified atom stereocenters. The molecular weight excluding hydrogens is 274 g/mol. The standard InChI is InChI=1S/C14H25N3O4/c1-8(2)15-11(18)9(3)16-13(21)17-10-6-5-7-14(10,4)12(19)20/h8-10H,5-7H2,1-4H3,(H,15,18)(H,19,20)(H2,16,17,21). The Kier molecular flexibility index (Phi) is 5.57. The SMILES string of the molecule is CC(C)NC(=O)C(C)NC(=O)NC1CCCC1(C)C(=O)O. The minimum atomic E-state index is -0.944. The van der Waals surface area contributed by atoms with E-state index in [-0.39, 0.29) is 11.9 Å². The molecule has 0 bridgehead atoms. The molecule has 1 rings (SSSR count). The molecule has 0 spiro atoms. The summed E-state index contributed by atoms with van der Waals surface area (Å²) in [6, 6.07) is -1.61. The molecule has 0 aliphatic heterocycles. The van der Waals surface area contributed by atoms with Crippen LogP contribution in [0, 0.1) is 5.41 Å². The monoisotopic (exact) mass is 299 g/mol. The number of urea groups is 1. The summed E-state index contributed by atoms with van der Waals surface area (Å²) in [7, 11) is 0. The Morgan fingerprint density at radius 2 is 1.81 bits per heavy atom. The Bertz CT molecular complexity index is 424. The van der Waals surface area contributed by atoms with Crippen LogP contribution in [0.3, 0.4) is 0 Å². The van der Waals surface area contributed by atoms with E-state index in [0.717, 1.165) is 6.42 Å². The summed E-state index contributed by atoms with van der Waals surface area (Å²) >= 11 is 0. The highest BCUT2D eigenvalue weighted by atomic mass is 16.4. The van der Waals surface area contributed by atoms with Gasteiger partial charge in [0.25, 0.3) is 0 Å². The largest absolute Gasteiger partial charge is 0.481 e. The molecule has 7 heteroatoms. The van der Waals surface area contributed by atoms with Gasteiger partial charge in [-0.1, -0.05) is 6.42 Å². The van der Waals surface area contributed by atoms with E-state index in [1.165, 1.54) is 0 Å². The fourth-order valence-corrected chi connectivity index (χ4v) is 2.53. The molecule has 0 saturated heterocycles. The van der Waals surface area contributed by atoms with E-state index in [0.29, 0.717) is 12.8 Å². The second-order valence-corrected chi connectivity index (χ2v) is 6.17. The summed E-state index contributed by atoms with van der Waals surface area (Å²) in [5.74, 6) is -1.18. The molecule has 4 N–H and O–H groups in total. The van der Waals surface area contributed by atoms with E-state index in [1.54, 1.807) is 13.8 Å². The number of carbonyl (C=O) groups excluding carboxylic acids is 2. The third-order valence-corrected chi connectivity index (χ3v) is 3.92. The number of nitrogens with one attached hydrogen (secondary N) is 3. The lowest BCUT2D eigenvalue weighted by Gasteiger charge is -2.28. The van der Waals surface area contributed by atoms with Gasteiger partial charge in [0.05, 0.1) is 5.41 Å². The molecule has 0 aromatic carbocycles. The van der Waals surface area contributed by atoms with Crippen molar-refractivity contribution >= 4 is 17.9 Å². The molecule has 1 aliphatic carbocycles. The van der Waals surface area contributed by atoms with Crippen molar-refractivity contribution in [3.63, 3.8) is 0 Å². The van der Waals surface area contributed by atoms with Crippen LogP contribution >= 0.6 is 0 Å². The molecule has 120 valence electrons. The minimum absolute atomic E-state index is 0.00468. The van der Waals surface area contributed by atoms with Gasteiger partial charge in [-0.2, -0.15) is 0 Å². The number of carbonyl (C=O) groups is 3. The van der Waals surface area contributed by atoms with Gasteiger partial charge in [-0.25, -0.2) is 4.79 Å². The first-order chi connectivity index (χ1) is 9.66. The smallest absolute Gasteiger partial charge is 0.315 e. The zero-order valence-corrected chi connectivity index (χ0v) is 13.0. The molecule has 3 amide bonds. The normalized spacial score (nSPS) is 26.2. The molecular formula is C14H25N3O4. The topological polar surface area (TPSA) is 108 Å². The number of hydrogen-bond donors (Lipinski definition) is 4. The molecule has 0 aromatic rings. The first-order valence-corrected chi connectivity index (χ1v) is 7.27. The third kappa shape index (κ3) is 4.34. The predicted octanol–water partition coefficient (Wildman–Crippen LogP) is 0.842. The van der Waals surface area contributed by atoms with E-state index < -0.39 is 29.5 Å². The Morgan fingerprint density at radius 1 is 1.19 bits per heavy atom. The zero-order chi connectivity index (χ0) is 16.2. The molecule has 0 aromatic heterocycles. The summed E-state index contributed by atoms with van der Waals surface area (Å²) in [6.45, 7) is 6.90. The Morgan fingerprint density at radius 3 is 2.33 bits per heavy atom. The van der Waals surface area contributed by atoms with Gasteiger partial charge in [-0.15, -0.1) is 0 Å². The minimum Gasteiger partial charge on any atom is -0.481 e. The van der Waals surface area contributed by atoms with Crippen molar-refractivity contribution in [1.82, 2.24) is 16.0 Å². The van der Waals surface area contributed by atoms with Crippen LogP contribution in [0.15, 0.2) is 0 Å². The van der Waals surface area contributed by atoms with Crippen molar-refractivity contribution in [2.45, 2.75) is 65.1 Å². The van der Waals surface area contributed by atoms with Crippen LogP contribution in [0.4, 0.5) is 4.79 Å². The summed E-state index contributed by atoms with van der Waals surface area (Å²) in [5, 5.41) is 17.2. The van der Waals surface area contributed by atoms with Crippen molar-refractivity contribution in [2.75, 3.05) is 0 Å². The lowest BCUT2D eigenvalue weighted by atomic mass is 9.85. The van der Waals surface area contributed by atoms with E-state index in [2.05, 4.69) is 16.0 Å². The summed E-state index contributed by atoms with van der Waals surface area (Å²) in [4.78, 5) is 35.0. The van der Waals surface area contributed by atoms with Crippen LogP contribution in [-0.4, -0.2) is 41.1 Å². The molecule has 3 atom stereocenters. The maximum absolute atomic E-state index is 11.9. The first kappa shape index (κ1) is 17.3. The van der Waals surface area contributed by atoms with Crippen molar-refractivity contribution in [3.8, 4) is 0 Å². The van der Waals surface area contributed by atoms with Crippen molar-refractivity contribution < 1.29 is 19.5 Å². The molecule has 0 radical (unpaired) electrons. The van der Waals surface area contributed by atoms with Crippen LogP contribution in [0.5, 0.6) is 0 Å². The Balaban J connectivity index is 2.54. The highest BCUT2D eigenvalue weighted by Crippen LogP contribution is 2.38. The molecule has 1 fully saturated rings. The van der Waals surface area contributed by atoms with Gasteiger partial charge in [0.15, 0.2) is 0 Å². The third-order valence-electron chi connectivity index (χ3n) is 3.92. The average molecular weight is 299 g/mol. The molecule has 21 heavy (non-hydrogen) atoms. The molecule has 7 nitrogen and oxygen atoms in total. The number of rotatable bonds is 5. The second kappa shape index (κ2) is 6.78. The fraction of sp³-hybridized carbons (Fsp3) is 0.786. The number of carboxylic acid groups (broad SMARTS) is 1. The van der Waals surface area contributed by atoms with Crippen LogP contribution in [-0.2, 0) is 9.59 Å². The second-order valence-electron chi connectivity index (χ2n) is 6.17. The number of hydrogen-bond acceptors (Lipinski definition) is 3. The summed E-state index contributed by atoms with van der Waals surface area (Å²) in [5.41, 5.74) is -0.944.